The normalized spacial score (nSPS) is 20.6. The van der Waals surface area contributed by atoms with Crippen molar-refractivity contribution in [3.63, 3.8) is 0 Å². The van der Waals surface area contributed by atoms with Gasteiger partial charge in [0.1, 0.15) is 5.69 Å². The summed E-state index contributed by atoms with van der Waals surface area (Å²) in [5.74, 6) is 1.44. The fourth-order valence-electron chi connectivity index (χ4n) is 2.50. The van der Waals surface area contributed by atoms with Crippen molar-refractivity contribution in [2.45, 2.75) is 24.9 Å². The lowest BCUT2D eigenvalue weighted by Crippen LogP contribution is -2.43. The van der Waals surface area contributed by atoms with Gasteiger partial charge in [0.2, 0.25) is 0 Å². The summed E-state index contributed by atoms with van der Waals surface area (Å²) >= 11 is 3.24. The van der Waals surface area contributed by atoms with Crippen LogP contribution in [0, 0.1) is 0 Å². The Morgan fingerprint density at radius 2 is 2.13 bits per heavy atom. The van der Waals surface area contributed by atoms with Crippen molar-refractivity contribution < 1.29 is 9.90 Å². The SMILES string of the molecule is O=C(NCC1(O)CCSC1)c1csc(CCc2ccccc2)n1. The number of amides is 1. The van der Waals surface area contributed by atoms with E-state index < -0.39 is 5.60 Å². The number of thiazole rings is 1. The van der Waals surface area contributed by atoms with Crippen molar-refractivity contribution in [2.75, 3.05) is 18.1 Å². The second kappa shape index (κ2) is 7.47. The Morgan fingerprint density at radius 1 is 1.30 bits per heavy atom. The van der Waals surface area contributed by atoms with Crippen LogP contribution in [0.15, 0.2) is 35.7 Å². The molecule has 1 aromatic carbocycles. The molecule has 1 aliphatic heterocycles. The molecule has 23 heavy (non-hydrogen) atoms. The minimum atomic E-state index is -0.757. The molecule has 1 amide bonds. The molecule has 1 aromatic heterocycles. The van der Waals surface area contributed by atoms with E-state index >= 15 is 0 Å². The van der Waals surface area contributed by atoms with Gasteiger partial charge in [0.05, 0.1) is 10.6 Å². The van der Waals surface area contributed by atoms with Crippen LogP contribution in [0.4, 0.5) is 0 Å². The number of nitrogens with one attached hydrogen (secondary N) is 1. The van der Waals surface area contributed by atoms with Crippen LogP contribution in [-0.4, -0.2) is 39.6 Å². The summed E-state index contributed by atoms with van der Waals surface area (Å²) in [4.78, 5) is 16.6. The molecule has 1 aliphatic rings. The maximum Gasteiger partial charge on any atom is 0.270 e. The van der Waals surface area contributed by atoms with Crippen LogP contribution < -0.4 is 5.32 Å². The van der Waals surface area contributed by atoms with Crippen molar-refractivity contribution >= 4 is 29.0 Å². The van der Waals surface area contributed by atoms with Crippen LogP contribution >= 0.6 is 23.1 Å². The minimum Gasteiger partial charge on any atom is -0.387 e. The van der Waals surface area contributed by atoms with Gasteiger partial charge in [-0.2, -0.15) is 11.8 Å². The van der Waals surface area contributed by atoms with Crippen molar-refractivity contribution in [3.8, 4) is 0 Å². The van der Waals surface area contributed by atoms with Gasteiger partial charge in [-0.15, -0.1) is 11.3 Å². The molecule has 0 aliphatic carbocycles. The van der Waals surface area contributed by atoms with E-state index in [4.69, 9.17) is 0 Å². The molecule has 1 fully saturated rings. The Kier molecular flexibility index (Phi) is 5.35. The smallest absolute Gasteiger partial charge is 0.270 e. The van der Waals surface area contributed by atoms with Crippen molar-refractivity contribution in [1.82, 2.24) is 10.3 Å². The molecule has 2 N–H and O–H groups in total. The number of carbonyl (C=O) groups excluding carboxylic acids is 1. The summed E-state index contributed by atoms with van der Waals surface area (Å²) in [6.45, 7) is 0.301. The number of carbonyl (C=O) groups is 1. The zero-order valence-corrected chi connectivity index (χ0v) is 14.5. The molecule has 1 unspecified atom stereocenters. The number of nitrogens with zero attached hydrogens (tertiary/aromatic N) is 1. The summed E-state index contributed by atoms with van der Waals surface area (Å²) < 4.78 is 0. The Hall–Kier alpha value is -1.37. The molecule has 2 heterocycles. The van der Waals surface area contributed by atoms with Gasteiger partial charge < -0.3 is 10.4 Å². The van der Waals surface area contributed by atoms with E-state index in [0.29, 0.717) is 18.0 Å². The molecule has 4 nitrogen and oxygen atoms in total. The van der Waals surface area contributed by atoms with E-state index in [1.807, 2.05) is 18.2 Å². The van der Waals surface area contributed by atoms with Crippen molar-refractivity contribution in [2.24, 2.45) is 0 Å². The molecular weight excluding hydrogens is 328 g/mol. The third-order valence-corrected chi connectivity index (χ3v) is 6.06. The van der Waals surface area contributed by atoms with Crippen molar-refractivity contribution in [1.29, 1.82) is 0 Å². The quantitative estimate of drug-likeness (QED) is 0.842. The third kappa shape index (κ3) is 4.56. The number of hydrogen-bond donors (Lipinski definition) is 2. The van der Waals surface area contributed by atoms with E-state index in [0.717, 1.165) is 30.0 Å². The van der Waals surface area contributed by atoms with E-state index in [1.165, 1.54) is 16.9 Å². The van der Waals surface area contributed by atoms with Crippen LogP contribution in [0.25, 0.3) is 0 Å². The monoisotopic (exact) mass is 348 g/mol. The molecule has 2 aromatic rings. The average molecular weight is 348 g/mol. The number of aryl methyl sites for hydroxylation is 2. The molecule has 0 saturated carbocycles. The van der Waals surface area contributed by atoms with Crippen LogP contribution in [-0.2, 0) is 12.8 Å². The number of aromatic nitrogens is 1. The molecule has 0 spiro atoms. The lowest BCUT2D eigenvalue weighted by molar-refractivity contribution is 0.0611. The van der Waals surface area contributed by atoms with Crippen molar-refractivity contribution in [3.05, 3.63) is 52.0 Å². The highest BCUT2D eigenvalue weighted by Crippen LogP contribution is 2.27. The van der Waals surface area contributed by atoms with E-state index in [-0.39, 0.29) is 5.91 Å². The van der Waals surface area contributed by atoms with Gasteiger partial charge >= 0.3 is 0 Å². The maximum absolute atomic E-state index is 12.1. The summed E-state index contributed by atoms with van der Waals surface area (Å²) in [5.41, 5.74) is 0.967. The zero-order chi connectivity index (χ0) is 16.1. The molecule has 6 heteroatoms. The molecule has 1 saturated heterocycles. The summed E-state index contributed by atoms with van der Waals surface area (Å²) in [6.07, 6.45) is 2.49. The first-order chi connectivity index (χ1) is 11.1. The predicted octanol–water partition coefficient (Wildman–Crippen LogP) is 2.53. The number of thioether (sulfide) groups is 1. The second-order valence-electron chi connectivity index (χ2n) is 5.82. The summed E-state index contributed by atoms with van der Waals surface area (Å²) in [5, 5.41) is 15.8. The Labute approximate surface area is 144 Å². The molecule has 0 bridgehead atoms. The van der Waals surface area contributed by atoms with Gasteiger partial charge in [0.25, 0.3) is 5.91 Å². The Bertz CT molecular complexity index is 652. The molecular formula is C17H20N2O2S2. The van der Waals surface area contributed by atoms with Gasteiger partial charge in [-0.25, -0.2) is 4.98 Å². The second-order valence-corrected chi connectivity index (χ2v) is 7.87. The zero-order valence-electron chi connectivity index (χ0n) is 12.8. The number of rotatable bonds is 6. The van der Waals surface area contributed by atoms with Gasteiger partial charge in [-0.05, 0) is 24.2 Å². The first kappa shape index (κ1) is 16.5. The lowest BCUT2D eigenvalue weighted by atomic mass is 10.0. The van der Waals surface area contributed by atoms with E-state index in [2.05, 4.69) is 22.4 Å². The maximum atomic E-state index is 12.1. The number of hydrogen-bond acceptors (Lipinski definition) is 5. The average Bonchev–Trinajstić information content (AvgIpc) is 3.21. The van der Waals surface area contributed by atoms with Crippen LogP contribution in [0.3, 0.4) is 0 Å². The topological polar surface area (TPSA) is 62.2 Å². The first-order valence-electron chi connectivity index (χ1n) is 7.71. The molecule has 1 atom stereocenters. The highest BCUT2D eigenvalue weighted by Gasteiger charge is 2.32. The third-order valence-electron chi connectivity index (χ3n) is 3.92. The standard InChI is InChI=1S/C17H20N2O2S2/c20-16(18-11-17(21)8-9-22-12-17)14-10-23-15(19-14)7-6-13-4-2-1-3-5-13/h1-5,10,21H,6-9,11-12H2,(H,18,20). The molecule has 0 radical (unpaired) electrons. The van der Waals surface area contributed by atoms with E-state index in [1.54, 1.807) is 17.1 Å². The summed E-state index contributed by atoms with van der Waals surface area (Å²) in [7, 11) is 0. The van der Waals surface area contributed by atoms with E-state index in [9.17, 15) is 9.90 Å². The van der Waals surface area contributed by atoms with Crippen LogP contribution in [0.2, 0.25) is 0 Å². The number of aliphatic hydroxyl groups is 1. The van der Waals surface area contributed by atoms with Gasteiger partial charge in [-0.3, -0.25) is 4.79 Å². The van der Waals surface area contributed by atoms with Gasteiger partial charge in [0, 0.05) is 24.1 Å². The van der Waals surface area contributed by atoms with Gasteiger partial charge in [0.15, 0.2) is 0 Å². The van der Waals surface area contributed by atoms with Crippen LogP contribution in [0.5, 0.6) is 0 Å². The summed E-state index contributed by atoms with van der Waals surface area (Å²) in [6, 6.07) is 10.3. The Balaban J connectivity index is 1.51. The largest absolute Gasteiger partial charge is 0.387 e. The Morgan fingerprint density at radius 3 is 2.87 bits per heavy atom. The molecule has 3 rings (SSSR count). The highest BCUT2D eigenvalue weighted by atomic mass is 32.2. The minimum absolute atomic E-state index is 0.197. The fourth-order valence-corrected chi connectivity index (χ4v) is 4.57. The van der Waals surface area contributed by atoms with Crippen LogP contribution in [0.1, 0.15) is 27.5 Å². The predicted molar refractivity (Wildman–Crippen MR) is 95.2 cm³/mol. The fraction of sp³-hybridized carbons (Fsp3) is 0.412. The number of benzene rings is 1. The highest BCUT2D eigenvalue weighted by molar-refractivity contribution is 7.99. The molecule has 122 valence electrons. The first-order valence-corrected chi connectivity index (χ1v) is 9.75. The lowest BCUT2D eigenvalue weighted by Gasteiger charge is -2.21. The van der Waals surface area contributed by atoms with Gasteiger partial charge in [-0.1, -0.05) is 30.3 Å².